The van der Waals surface area contributed by atoms with Gasteiger partial charge in [-0.1, -0.05) is 0 Å². The molecule has 1 fully saturated rings. The van der Waals surface area contributed by atoms with Crippen LogP contribution >= 0.6 is 0 Å². The fraction of sp³-hybridized carbons (Fsp3) is 0.222. The van der Waals surface area contributed by atoms with Crippen molar-refractivity contribution >= 4 is 27.5 Å². The summed E-state index contributed by atoms with van der Waals surface area (Å²) in [4.78, 5) is 13.8. The number of halogens is 2. The van der Waals surface area contributed by atoms with Crippen molar-refractivity contribution in [2.24, 2.45) is 4.40 Å². The van der Waals surface area contributed by atoms with E-state index in [-0.39, 0.29) is 10.6 Å². The number of nitrogens with one attached hydrogen (secondary N) is 1. The van der Waals surface area contributed by atoms with Gasteiger partial charge in [-0.3, -0.25) is 4.79 Å². The van der Waals surface area contributed by atoms with Gasteiger partial charge in [0.2, 0.25) is 0 Å². The van der Waals surface area contributed by atoms with Crippen molar-refractivity contribution < 1.29 is 22.0 Å². The first-order valence-electron chi connectivity index (χ1n) is 8.18. The fourth-order valence-electron chi connectivity index (χ4n) is 2.68. The summed E-state index contributed by atoms with van der Waals surface area (Å²) in [5.74, 6) is -1.92. The molecule has 142 valence electrons. The molecule has 1 N–H and O–H groups in total. The molecule has 1 heterocycles. The molecule has 0 aromatic heterocycles. The lowest BCUT2D eigenvalue weighted by Crippen LogP contribution is -2.20. The molecule has 27 heavy (non-hydrogen) atoms. The predicted octanol–water partition coefficient (Wildman–Crippen LogP) is 3.03. The van der Waals surface area contributed by atoms with Crippen LogP contribution in [0.25, 0.3) is 0 Å². The number of carbonyl (C=O) groups excluding carboxylic acids is 1. The average Bonchev–Trinajstić information content (AvgIpc) is 3.01. The number of rotatable bonds is 4. The molecule has 0 aliphatic carbocycles. The molecular weight excluding hydrogens is 376 g/mol. The Morgan fingerprint density at radius 1 is 1.15 bits per heavy atom. The highest BCUT2D eigenvalue weighted by Gasteiger charge is 2.20. The summed E-state index contributed by atoms with van der Waals surface area (Å²) >= 11 is 0. The largest absolute Gasteiger partial charge is 0.362 e. The first-order valence-corrected chi connectivity index (χ1v) is 9.62. The van der Waals surface area contributed by atoms with E-state index in [1.807, 2.05) is 0 Å². The Bertz CT molecular complexity index is 1010. The molecule has 1 saturated heterocycles. The van der Waals surface area contributed by atoms with Gasteiger partial charge in [-0.25, -0.2) is 8.78 Å². The van der Waals surface area contributed by atoms with E-state index in [0.717, 1.165) is 31.2 Å². The van der Waals surface area contributed by atoms with Gasteiger partial charge in [0.25, 0.3) is 15.9 Å². The van der Waals surface area contributed by atoms with Crippen LogP contribution in [0.15, 0.2) is 51.8 Å². The monoisotopic (exact) mass is 393 g/mol. The molecule has 0 unspecified atom stereocenters. The predicted molar refractivity (Wildman–Crippen MR) is 97.2 cm³/mol. The number of carbonyl (C=O) groups is 1. The molecule has 0 atom stereocenters. The summed E-state index contributed by atoms with van der Waals surface area (Å²) in [7, 11) is -2.08. The molecule has 3 rings (SSSR count). The third-order valence-electron chi connectivity index (χ3n) is 4.14. The minimum Gasteiger partial charge on any atom is -0.362 e. The lowest BCUT2D eigenvalue weighted by Gasteiger charge is -2.11. The number of nitrogens with zero attached hydrogens (tertiary/aromatic N) is 2. The summed E-state index contributed by atoms with van der Waals surface area (Å²) in [6, 6.07) is 7.88. The van der Waals surface area contributed by atoms with Gasteiger partial charge in [-0.2, -0.15) is 8.42 Å². The summed E-state index contributed by atoms with van der Waals surface area (Å²) in [5.41, 5.74) is -0.199. The van der Waals surface area contributed by atoms with E-state index in [4.69, 9.17) is 0 Å². The number of amidine groups is 1. The third kappa shape index (κ3) is 4.30. The Kier molecular flexibility index (Phi) is 5.22. The minimum absolute atomic E-state index is 0.0229. The Labute approximate surface area is 155 Å². The molecule has 1 amide bonds. The van der Waals surface area contributed by atoms with E-state index in [9.17, 15) is 22.0 Å². The average molecular weight is 393 g/mol. The van der Waals surface area contributed by atoms with Gasteiger partial charge in [-0.15, -0.1) is 4.40 Å². The first-order chi connectivity index (χ1) is 12.8. The number of anilines is 1. The zero-order valence-corrected chi connectivity index (χ0v) is 15.3. The van der Waals surface area contributed by atoms with Crippen LogP contribution in [0.4, 0.5) is 14.5 Å². The summed E-state index contributed by atoms with van der Waals surface area (Å²) in [5, 5.41) is 2.40. The zero-order valence-electron chi connectivity index (χ0n) is 14.4. The molecule has 2 aromatic rings. The van der Waals surface area contributed by atoms with Crippen LogP contribution in [-0.2, 0) is 10.0 Å². The normalized spacial score (nSPS) is 16.0. The van der Waals surface area contributed by atoms with Crippen molar-refractivity contribution in [2.45, 2.75) is 17.7 Å². The second kappa shape index (κ2) is 7.43. The van der Waals surface area contributed by atoms with Gasteiger partial charge in [0.1, 0.15) is 17.5 Å². The smallest absolute Gasteiger partial charge is 0.283 e. The van der Waals surface area contributed by atoms with Crippen LogP contribution < -0.4 is 5.32 Å². The Hall–Kier alpha value is -2.81. The van der Waals surface area contributed by atoms with Crippen LogP contribution in [0.5, 0.6) is 0 Å². The number of benzene rings is 2. The molecule has 0 spiro atoms. The minimum atomic E-state index is -3.86. The number of hydrogen-bond donors (Lipinski definition) is 1. The van der Waals surface area contributed by atoms with E-state index in [0.29, 0.717) is 12.3 Å². The van der Waals surface area contributed by atoms with E-state index >= 15 is 0 Å². The van der Waals surface area contributed by atoms with Crippen LogP contribution in [0.2, 0.25) is 0 Å². The van der Waals surface area contributed by atoms with E-state index in [1.165, 1.54) is 24.3 Å². The SMILES string of the molecule is CN1CCC/C1=N\S(=O)(=O)c1ccc(NC(=O)c2cc(F)ccc2F)cc1. The first kappa shape index (κ1) is 19.0. The Morgan fingerprint density at radius 3 is 2.48 bits per heavy atom. The van der Waals surface area contributed by atoms with E-state index in [1.54, 1.807) is 11.9 Å². The molecule has 0 saturated carbocycles. The van der Waals surface area contributed by atoms with Gasteiger partial charge >= 0.3 is 0 Å². The Balaban J connectivity index is 1.77. The number of hydrogen-bond acceptors (Lipinski definition) is 3. The van der Waals surface area contributed by atoms with Crippen LogP contribution in [0.3, 0.4) is 0 Å². The van der Waals surface area contributed by atoms with Crippen LogP contribution in [0, 0.1) is 11.6 Å². The van der Waals surface area contributed by atoms with Crippen molar-refractivity contribution in [1.29, 1.82) is 0 Å². The van der Waals surface area contributed by atoms with Crippen molar-refractivity contribution in [2.75, 3.05) is 18.9 Å². The molecule has 6 nitrogen and oxygen atoms in total. The number of sulfonamides is 1. The number of likely N-dealkylation sites (tertiary alicyclic amines) is 1. The highest BCUT2D eigenvalue weighted by molar-refractivity contribution is 7.90. The van der Waals surface area contributed by atoms with Gasteiger partial charge in [0.15, 0.2) is 0 Å². The second-order valence-electron chi connectivity index (χ2n) is 6.11. The highest BCUT2D eigenvalue weighted by Crippen LogP contribution is 2.20. The highest BCUT2D eigenvalue weighted by atomic mass is 32.2. The standard InChI is InChI=1S/C18H17F2N3O3S/c1-23-10-2-3-17(23)22-27(25,26)14-7-5-13(6-8-14)21-18(24)15-11-12(19)4-9-16(15)20/h4-9,11H,2-3,10H2,1H3,(H,21,24)/b22-17+. The van der Waals surface area contributed by atoms with E-state index < -0.39 is 33.1 Å². The molecule has 0 bridgehead atoms. The van der Waals surface area contributed by atoms with Crippen molar-refractivity contribution in [3.05, 3.63) is 59.7 Å². The maximum Gasteiger partial charge on any atom is 0.283 e. The lowest BCUT2D eigenvalue weighted by molar-refractivity contribution is 0.102. The van der Waals surface area contributed by atoms with Gasteiger partial charge in [0.05, 0.1) is 10.5 Å². The second-order valence-corrected chi connectivity index (χ2v) is 7.71. The van der Waals surface area contributed by atoms with Crippen molar-refractivity contribution in [1.82, 2.24) is 4.90 Å². The number of amides is 1. The van der Waals surface area contributed by atoms with Crippen molar-refractivity contribution in [3.8, 4) is 0 Å². The molecule has 1 aliphatic heterocycles. The van der Waals surface area contributed by atoms with E-state index in [2.05, 4.69) is 9.71 Å². The summed E-state index contributed by atoms with van der Waals surface area (Å²) in [6.07, 6.45) is 1.45. The van der Waals surface area contributed by atoms with Crippen LogP contribution in [-0.4, -0.2) is 38.7 Å². The fourth-order valence-corrected chi connectivity index (χ4v) is 3.77. The maximum atomic E-state index is 13.6. The zero-order chi connectivity index (χ0) is 19.6. The summed E-state index contributed by atoms with van der Waals surface area (Å²) in [6.45, 7) is 0.760. The van der Waals surface area contributed by atoms with Gasteiger partial charge < -0.3 is 10.2 Å². The molecule has 9 heteroatoms. The van der Waals surface area contributed by atoms with Gasteiger partial charge in [-0.05, 0) is 48.9 Å². The van der Waals surface area contributed by atoms with Gasteiger partial charge in [0, 0.05) is 25.7 Å². The molecule has 2 aromatic carbocycles. The maximum absolute atomic E-state index is 13.6. The summed E-state index contributed by atoms with van der Waals surface area (Å²) < 4.78 is 55.4. The molecule has 0 radical (unpaired) electrons. The molecular formula is C18H17F2N3O3S. The van der Waals surface area contributed by atoms with Crippen LogP contribution in [0.1, 0.15) is 23.2 Å². The third-order valence-corrected chi connectivity index (χ3v) is 5.46. The Morgan fingerprint density at radius 2 is 1.85 bits per heavy atom. The quantitative estimate of drug-likeness (QED) is 0.866. The van der Waals surface area contributed by atoms with Crippen molar-refractivity contribution in [3.63, 3.8) is 0 Å². The molecule has 1 aliphatic rings. The topological polar surface area (TPSA) is 78.8 Å². The lowest BCUT2D eigenvalue weighted by atomic mass is 10.2.